The fraction of sp³-hybridized carbons (Fsp3) is 0.545. The van der Waals surface area contributed by atoms with Gasteiger partial charge in [0, 0.05) is 18.9 Å². The second-order valence-corrected chi connectivity index (χ2v) is 3.89. The van der Waals surface area contributed by atoms with E-state index in [0.717, 1.165) is 5.76 Å². The van der Waals surface area contributed by atoms with Gasteiger partial charge in [0.2, 0.25) is 0 Å². The van der Waals surface area contributed by atoms with Crippen molar-refractivity contribution in [2.24, 2.45) is 5.73 Å². The van der Waals surface area contributed by atoms with E-state index in [-0.39, 0.29) is 12.0 Å². The Bertz CT molecular complexity index is 338. The van der Waals surface area contributed by atoms with Crippen molar-refractivity contribution in [3.05, 3.63) is 23.1 Å². The first-order chi connectivity index (χ1) is 7.61. The molecule has 0 aliphatic carbocycles. The lowest BCUT2D eigenvalue weighted by molar-refractivity contribution is -0.143. The molecule has 0 fully saturated rings. The first-order valence-corrected chi connectivity index (χ1v) is 5.65. The maximum atomic E-state index is 11.1. The fourth-order valence-corrected chi connectivity index (χ4v) is 1.52. The summed E-state index contributed by atoms with van der Waals surface area (Å²) >= 11 is 5.63. The summed E-state index contributed by atoms with van der Waals surface area (Å²) in [6.45, 7) is 2.19. The molecule has 16 heavy (non-hydrogen) atoms. The summed E-state index contributed by atoms with van der Waals surface area (Å²) in [5, 5.41) is 0.354. The minimum absolute atomic E-state index is 0.119. The van der Waals surface area contributed by atoms with Gasteiger partial charge in [-0.1, -0.05) is 0 Å². The van der Waals surface area contributed by atoms with E-state index in [0.29, 0.717) is 31.1 Å². The molecule has 0 saturated carbocycles. The van der Waals surface area contributed by atoms with Crippen LogP contribution < -0.4 is 5.73 Å². The predicted octanol–water partition coefficient (Wildman–Crippen LogP) is 2.15. The molecular weight excluding hydrogens is 230 g/mol. The lowest BCUT2D eigenvalue weighted by atomic mass is 10.1. The average Bonchev–Trinajstić information content (AvgIpc) is 2.61. The molecular formula is C11H16ClNO3. The molecule has 0 spiro atoms. The minimum atomic E-state index is -0.213. The van der Waals surface area contributed by atoms with Crippen LogP contribution in [0.4, 0.5) is 0 Å². The van der Waals surface area contributed by atoms with E-state index >= 15 is 0 Å². The molecule has 0 aromatic carbocycles. The van der Waals surface area contributed by atoms with Crippen LogP contribution >= 0.6 is 11.6 Å². The number of esters is 1. The summed E-state index contributed by atoms with van der Waals surface area (Å²) < 4.78 is 9.99. The van der Waals surface area contributed by atoms with Crippen LogP contribution in [-0.2, 0) is 16.0 Å². The zero-order valence-electron chi connectivity index (χ0n) is 9.24. The smallest absolute Gasteiger partial charge is 0.305 e. The lowest BCUT2D eigenvalue weighted by Gasteiger charge is -2.08. The molecule has 2 N–H and O–H groups in total. The van der Waals surface area contributed by atoms with Crippen molar-refractivity contribution in [2.75, 3.05) is 6.61 Å². The largest absolute Gasteiger partial charge is 0.466 e. The summed E-state index contributed by atoms with van der Waals surface area (Å²) in [7, 11) is 0. The van der Waals surface area contributed by atoms with Crippen LogP contribution in [0.5, 0.6) is 0 Å². The van der Waals surface area contributed by atoms with E-state index in [1.54, 1.807) is 19.1 Å². The number of hydrogen-bond donors (Lipinski definition) is 1. The first-order valence-electron chi connectivity index (χ1n) is 5.27. The zero-order chi connectivity index (χ0) is 12.0. The normalized spacial score (nSPS) is 12.4. The molecule has 4 nitrogen and oxygen atoms in total. The van der Waals surface area contributed by atoms with Gasteiger partial charge in [-0.25, -0.2) is 0 Å². The molecule has 1 unspecified atom stereocenters. The number of nitrogens with two attached hydrogens (primary N) is 1. The Kier molecular flexibility index (Phi) is 5.35. The molecule has 0 bridgehead atoms. The number of rotatable bonds is 6. The van der Waals surface area contributed by atoms with Crippen LogP contribution in [0.1, 0.15) is 25.5 Å². The van der Waals surface area contributed by atoms with Crippen molar-refractivity contribution < 1.29 is 13.9 Å². The molecule has 0 saturated heterocycles. The Balaban J connectivity index is 2.25. The standard InChI is InChI=1S/C11H16ClNO3/c1-2-15-11(14)6-3-8(13)7-9-4-5-10(12)16-9/h4-5,8H,2-3,6-7,13H2,1H3. The number of ether oxygens (including phenoxy) is 1. The number of carbonyl (C=O) groups excluding carboxylic acids is 1. The fourth-order valence-electron chi connectivity index (χ4n) is 1.36. The van der Waals surface area contributed by atoms with E-state index in [2.05, 4.69) is 0 Å². The summed E-state index contributed by atoms with van der Waals surface area (Å²) in [6, 6.07) is 3.34. The van der Waals surface area contributed by atoms with Crippen LogP contribution in [0, 0.1) is 0 Å². The number of furan rings is 1. The van der Waals surface area contributed by atoms with Gasteiger partial charge < -0.3 is 14.9 Å². The third kappa shape index (κ3) is 4.68. The predicted molar refractivity (Wildman–Crippen MR) is 61.3 cm³/mol. The highest BCUT2D eigenvalue weighted by Crippen LogP contribution is 2.15. The van der Waals surface area contributed by atoms with Crippen molar-refractivity contribution in [3.63, 3.8) is 0 Å². The SMILES string of the molecule is CCOC(=O)CCC(N)Cc1ccc(Cl)o1. The third-order valence-corrected chi connectivity index (χ3v) is 2.32. The Morgan fingerprint density at radius 2 is 2.38 bits per heavy atom. The number of hydrogen-bond acceptors (Lipinski definition) is 4. The second-order valence-electron chi connectivity index (χ2n) is 3.51. The summed E-state index contributed by atoms with van der Waals surface area (Å²) in [5.74, 6) is 0.525. The van der Waals surface area contributed by atoms with Gasteiger partial charge in [0.15, 0.2) is 5.22 Å². The van der Waals surface area contributed by atoms with Gasteiger partial charge in [-0.05, 0) is 37.1 Å². The second kappa shape index (κ2) is 6.55. The van der Waals surface area contributed by atoms with Crippen LogP contribution in [0.3, 0.4) is 0 Å². The van der Waals surface area contributed by atoms with Gasteiger partial charge in [-0.15, -0.1) is 0 Å². The van der Waals surface area contributed by atoms with Crippen molar-refractivity contribution in [3.8, 4) is 0 Å². The molecule has 1 aromatic rings. The molecule has 0 aliphatic heterocycles. The molecule has 0 amide bonds. The Morgan fingerprint density at radius 1 is 1.62 bits per heavy atom. The average molecular weight is 246 g/mol. The highest BCUT2D eigenvalue weighted by molar-refractivity contribution is 6.28. The van der Waals surface area contributed by atoms with E-state index in [4.69, 9.17) is 26.5 Å². The zero-order valence-corrected chi connectivity index (χ0v) is 10.00. The first kappa shape index (κ1) is 13.1. The van der Waals surface area contributed by atoms with Crippen molar-refractivity contribution in [1.82, 2.24) is 0 Å². The molecule has 1 aromatic heterocycles. The molecule has 1 rings (SSSR count). The van der Waals surface area contributed by atoms with Gasteiger partial charge in [0.1, 0.15) is 5.76 Å². The molecule has 0 aliphatic rings. The van der Waals surface area contributed by atoms with Crippen molar-refractivity contribution in [1.29, 1.82) is 0 Å². The van der Waals surface area contributed by atoms with Crippen LogP contribution in [-0.4, -0.2) is 18.6 Å². The minimum Gasteiger partial charge on any atom is -0.466 e. The highest BCUT2D eigenvalue weighted by atomic mass is 35.5. The summed E-state index contributed by atoms with van der Waals surface area (Å²) in [6.07, 6.45) is 1.49. The van der Waals surface area contributed by atoms with Gasteiger partial charge >= 0.3 is 5.97 Å². The lowest BCUT2D eigenvalue weighted by Crippen LogP contribution is -2.24. The van der Waals surface area contributed by atoms with Gasteiger partial charge in [-0.2, -0.15) is 0 Å². The number of carbonyl (C=O) groups is 1. The monoisotopic (exact) mass is 245 g/mol. The molecule has 0 radical (unpaired) electrons. The van der Waals surface area contributed by atoms with Crippen molar-refractivity contribution >= 4 is 17.6 Å². The van der Waals surface area contributed by atoms with Gasteiger partial charge in [0.25, 0.3) is 0 Å². The third-order valence-electron chi connectivity index (χ3n) is 2.12. The quantitative estimate of drug-likeness (QED) is 0.780. The van der Waals surface area contributed by atoms with Crippen LogP contribution in [0.25, 0.3) is 0 Å². The summed E-state index contributed by atoms with van der Waals surface area (Å²) in [5.41, 5.74) is 5.85. The van der Waals surface area contributed by atoms with Gasteiger partial charge in [0.05, 0.1) is 6.61 Å². The topological polar surface area (TPSA) is 65.5 Å². The Hall–Kier alpha value is -1.00. The Morgan fingerprint density at radius 3 is 2.94 bits per heavy atom. The van der Waals surface area contributed by atoms with Gasteiger partial charge in [-0.3, -0.25) is 4.79 Å². The van der Waals surface area contributed by atoms with Crippen molar-refractivity contribution in [2.45, 2.75) is 32.2 Å². The summed E-state index contributed by atoms with van der Waals surface area (Å²) in [4.78, 5) is 11.1. The Labute approximate surface area is 99.7 Å². The highest BCUT2D eigenvalue weighted by Gasteiger charge is 2.10. The molecule has 90 valence electrons. The van der Waals surface area contributed by atoms with E-state index in [9.17, 15) is 4.79 Å². The maximum Gasteiger partial charge on any atom is 0.305 e. The van der Waals surface area contributed by atoms with E-state index in [1.165, 1.54) is 0 Å². The maximum absolute atomic E-state index is 11.1. The van der Waals surface area contributed by atoms with E-state index in [1.807, 2.05) is 0 Å². The molecule has 5 heteroatoms. The number of halogens is 1. The van der Waals surface area contributed by atoms with Crippen LogP contribution in [0.15, 0.2) is 16.5 Å². The van der Waals surface area contributed by atoms with Crippen LogP contribution in [0.2, 0.25) is 5.22 Å². The molecule has 1 heterocycles. The van der Waals surface area contributed by atoms with E-state index < -0.39 is 0 Å². The molecule has 1 atom stereocenters.